The minimum atomic E-state index is 0.529. The van der Waals surface area contributed by atoms with E-state index in [-0.39, 0.29) is 0 Å². The van der Waals surface area contributed by atoms with Crippen LogP contribution in [-0.4, -0.2) is 15.0 Å². The summed E-state index contributed by atoms with van der Waals surface area (Å²) in [6.07, 6.45) is 0. The second-order valence-corrected chi connectivity index (χ2v) is 15.5. The second kappa shape index (κ2) is 16.0. The molecule has 0 unspecified atom stereocenters. The molecule has 63 heavy (non-hydrogen) atoms. The molecule has 2 heterocycles. The van der Waals surface area contributed by atoms with Crippen LogP contribution < -0.4 is 0 Å². The lowest BCUT2D eigenvalue weighted by molar-refractivity contribution is 0.669. The summed E-state index contributed by atoms with van der Waals surface area (Å²) in [6.45, 7) is 0. The highest BCUT2D eigenvalue weighted by molar-refractivity contribution is 6.13. The van der Waals surface area contributed by atoms with Crippen molar-refractivity contribution in [2.24, 2.45) is 0 Å². The molecule has 5 heteroatoms. The lowest BCUT2D eigenvalue weighted by Gasteiger charge is -2.11. The molecule has 0 aliphatic carbocycles. The Hall–Kier alpha value is -8.72. The number of benzene rings is 9. The summed E-state index contributed by atoms with van der Waals surface area (Å²) < 4.78 is 6.62. The van der Waals surface area contributed by atoms with Gasteiger partial charge >= 0.3 is 0 Å². The number of nitriles is 1. The summed E-state index contributed by atoms with van der Waals surface area (Å²) in [5.41, 5.74) is 15.6. The van der Waals surface area contributed by atoms with Gasteiger partial charge in [-0.3, -0.25) is 0 Å². The maximum atomic E-state index is 9.62. The molecule has 0 fully saturated rings. The standard InChI is InChI=1S/C58H36N4O/c59-37-38-13-7-18-41(31-38)45-22-10-25-48(34-45)56-60-57(49-26-11-23-46(35-49)44-21-8-19-42(32-44)39-14-3-1-4-15-39)62-58(61-56)50-29-30-52-54(36-50)63-53-28-12-27-51(55(52)53)47-24-9-20-43(33-47)40-16-5-2-6-17-40/h1-36H. The van der Waals surface area contributed by atoms with Crippen LogP contribution in [0.15, 0.2) is 223 Å². The zero-order chi connectivity index (χ0) is 42.1. The summed E-state index contributed by atoms with van der Waals surface area (Å²) in [5.74, 6) is 1.62. The van der Waals surface area contributed by atoms with Crippen molar-refractivity contribution >= 4 is 21.9 Å². The molecule has 11 rings (SSSR count). The lowest BCUT2D eigenvalue weighted by atomic mass is 9.96. The average molecular weight is 805 g/mol. The van der Waals surface area contributed by atoms with Gasteiger partial charge in [0.15, 0.2) is 17.5 Å². The van der Waals surface area contributed by atoms with Crippen molar-refractivity contribution in [1.29, 1.82) is 5.26 Å². The van der Waals surface area contributed by atoms with Crippen molar-refractivity contribution in [2.75, 3.05) is 0 Å². The predicted molar refractivity (Wildman–Crippen MR) is 255 cm³/mol. The van der Waals surface area contributed by atoms with Crippen molar-refractivity contribution in [3.8, 4) is 95.9 Å². The third kappa shape index (κ3) is 7.33. The van der Waals surface area contributed by atoms with Crippen LogP contribution >= 0.6 is 0 Å². The second-order valence-electron chi connectivity index (χ2n) is 15.5. The highest BCUT2D eigenvalue weighted by atomic mass is 16.3. The fourth-order valence-electron chi connectivity index (χ4n) is 8.42. The van der Waals surface area contributed by atoms with E-state index in [4.69, 9.17) is 19.4 Å². The molecule has 0 radical (unpaired) electrons. The number of hydrogen-bond donors (Lipinski definition) is 0. The molecule has 9 aromatic carbocycles. The molecule has 0 amide bonds. The van der Waals surface area contributed by atoms with Crippen molar-refractivity contribution in [3.63, 3.8) is 0 Å². The van der Waals surface area contributed by atoms with Gasteiger partial charge in [-0.2, -0.15) is 5.26 Å². The number of nitrogens with zero attached hydrogens (tertiary/aromatic N) is 4. The Morgan fingerprint density at radius 2 is 0.730 bits per heavy atom. The van der Waals surface area contributed by atoms with E-state index in [0.29, 0.717) is 23.0 Å². The molecule has 0 atom stereocenters. The number of furan rings is 1. The van der Waals surface area contributed by atoms with Gasteiger partial charge in [0, 0.05) is 27.5 Å². The van der Waals surface area contributed by atoms with Gasteiger partial charge in [-0.25, -0.2) is 15.0 Å². The lowest BCUT2D eigenvalue weighted by Crippen LogP contribution is -2.00. The van der Waals surface area contributed by atoms with Gasteiger partial charge in [0.05, 0.1) is 11.6 Å². The molecular formula is C58H36N4O. The van der Waals surface area contributed by atoms with Crippen LogP contribution in [0.5, 0.6) is 0 Å². The van der Waals surface area contributed by atoms with Gasteiger partial charge in [0.25, 0.3) is 0 Å². The van der Waals surface area contributed by atoms with Gasteiger partial charge < -0.3 is 4.42 Å². The highest BCUT2D eigenvalue weighted by Gasteiger charge is 2.18. The normalized spacial score (nSPS) is 11.2. The Labute approximate surface area is 364 Å². The van der Waals surface area contributed by atoms with E-state index < -0.39 is 0 Å². The van der Waals surface area contributed by atoms with Crippen LogP contribution in [0.2, 0.25) is 0 Å². The monoisotopic (exact) mass is 804 g/mol. The van der Waals surface area contributed by atoms with E-state index in [1.807, 2.05) is 72.8 Å². The predicted octanol–water partition coefficient (Wildman–Crippen LogP) is 15.0. The first-order chi connectivity index (χ1) is 31.1. The molecule has 0 aliphatic rings. The van der Waals surface area contributed by atoms with Gasteiger partial charge in [-0.05, 0) is 110 Å². The number of hydrogen-bond acceptors (Lipinski definition) is 5. The SMILES string of the molecule is N#Cc1cccc(-c2cccc(-c3nc(-c4cccc(-c5cccc(-c6ccccc6)c5)c4)nc(-c4ccc5c(c4)oc4cccc(-c6cccc(-c7ccccc7)c6)c45)n3)c2)c1. The van der Waals surface area contributed by atoms with Gasteiger partial charge in [0.2, 0.25) is 0 Å². The molecule has 0 N–H and O–H groups in total. The fourth-order valence-corrected chi connectivity index (χ4v) is 8.42. The van der Waals surface area contributed by atoms with Crippen molar-refractivity contribution < 1.29 is 4.42 Å². The van der Waals surface area contributed by atoms with E-state index in [2.05, 4.69) is 152 Å². The summed E-state index contributed by atoms with van der Waals surface area (Å²) in [7, 11) is 0. The smallest absolute Gasteiger partial charge is 0.164 e. The highest BCUT2D eigenvalue weighted by Crippen LogP contribution is 2.40. The minimum absolute atomic E-state index is 0.529. The Balaban J connectivity index is 1.03. The van der Waals surface area contributed by atoms with Crippen LogP contribution in [0.1, 0.15) is 5.56 Å². The molecule has 11 aromatic rings. The van der Waals surface area contributed by atoms with Crippen LogP contribution in [-0.2, 0) is 0 Å². The van der Waals surface area contributed by atoms with Crippen LogP contribution in [0.25, 0.3) is 112 Å². The largest absolute Gasteiger partial charge is 0.456 e. The zero-order valence-corrected chi connectivity index (χ0v) is 34.0. The Morgan fingerprint density at radius 1 is 0.317 bits per heavy atom. The zero-order valence-electron chi connectivity index (χ0n) is 34.0. The van der Waals surface area contributed by atoms with Crippen molar-refractivity contribution in [2.45, 2.75) is 0 Å². The number of aromatic nitrogens is 3. The molecule has 0 bridgehead atoms. The first-order valence-electron chi connectivity index (χ1n) is 20.9. The quantitative estimate of drug-likeness (QED) is 0.153. The van der Waals surface area contributed by atoms with Crippen molar-refractivity contribution in [3.05, 3.63) is 224 Å². The van der Waals surface area contributed by atoms with E-state index >= 15 is 0 Å². The maximum absolute atomic E-state index is 9.62. The Morgan fingerprint density at radius 3 is 1.29 bits per heavy atom. The molecule has 0 aliphatic heterocycles. The minimum Gasteiger partial charge on any atom is -0.456 e. The molecule has 5 nitrogen and oxygen atoms in total. The Bertz CT molecular complexity index is 3530. The van der Waals surface area contributed by atoms with E-state index in [9.17, 15) is 5.26 Å². The first kappa shape index (κ1) is 37.3. The number of rotatable bonds is 8. The van der Waals surface area contributed by atoms with E-state index in [1.165, 1.54) is 11.1 Å². The summed E-state index contributed by atoms with van der Waals surface area (Å²) in [5, 5.41) is 11.7. The van der Waals surface area contributed by atoms with E-state index in [1.54, 1.807) is 0 Å². The third-order valence-corrected chi connectivity index (χ3v) is 11.5. The van der Waals surface area contributed by atoms with Crippen LogP contribution in [0, 0.1) is 11.3 Å². The molecule has 2 aromatic heterocycles. The van der Waals surface area contributed by atoms with Gasteiger partial charge in [-0.15, -0.1) is 0 Å². The topological polar surface area (TPSA) is 75.6 Å². The van der Waals surface area contributed by atoms with Crippen LogP contribution in [0.4, 0.5) is 0 Å². The van der Waals surface area contributed by atoms with Gasteiger partial charge in [0.1, 0.15) is 11.2 Å². The molecule has 294 valence electrons. The summed E-state index contributed by atoms with van der Waals surface area (Å²) in [4.78, 5) is 15.4. The van der Waals surface area contributed by atoms with Crippen molar-refractivity contribution in [1.82, 2.24) is 15.0 Å². The van der Waals surface area contributed by atoms with E-state index in [0.717, 1.165) is 83.1 Å². The molecule has 0 spiro atoms. The van der Waals surface area contributed by atoms with Gasteiger partial charge in [-0.1, -0.05) is 164 Å². The number of fused-ring (bicyclic) bond motifs is 3. The maximum Gasteiger partial charge on any atom is 0.164 e. The molecule has 0 saturated carbocycles. The Kier molecular flexibility index (Phi) is 9.50. The summed E-state index contributed by atoms with van der Waals surface area (Å²) in [6, 6.07) is 77.0. The fraction of sp³-hybridized carbons (Fsp3) is 0. The average Bonchev–Trinajstić information content (AvgIpc) is 3.75. The molecule has 0 saturated heterocycles. The first-order valence-corrected chi connectivity index (χ1v) is 20.9. The van der Waals surface area contributed by atoms with Crippen LogP contribution in [0.3, 0.4) is 0 Å². The molecular weight excluding hydrogens is 769 g/mol. The summed E-state index contributed by atoms with van der Waals surface area (Å²) >= 11 is 0. The third-order valence-electron chi connectivity index (χ3n) is 11.5.